The van der Waals surface area contributed by atoms with Gasteiger partial charge in [0.15, 0.2) is 0 Å². The number of nitrogen functional groups attached to an aromatic ring is 1. The van der Waals surface area contributed by atoms with E-state index in [9.17, 15) is 4.79 Å². The number of hydrogen-bond donors (Lipinski definition) is 3. The maximum absolute atomic E-state index is 11.7. The summed E-state index contributed by atoms with van der Waals surface area (Å²) in [5.74, 6) is 1.57. The molecule has 0 saturated carbocycles. The average Bonchev–Trinajstić information content (AvgIpc) is 2.27. The fraction of sp³-hybridized carbons (Fsp3) is 0.583. The van der Waals surface area contributed by atoms with Crippen LogP contribution in [-0.2, 0) is 11.2 Å². The number of nitrogens with two attached hydrogens (primary N) is 1. The summed E-state index contributed by atoms with van der Waals surface area (Å²) < 4.78 is 0. The number of carbonyl (C=O) groups is 1. The van der Waals surface area contributed by atoms with E-state index >= 15 is 0 Å². The van der Waals surface area contributed by atoms with Crippen LogP contribution < -0.4 is 16.4 Å². The van der Waals surface area contributed by atoms with Crippen LogP contribution in [0.2, 0.25) is 0 Å². The Morgan fingerprint density at radius 3 is 2.61 bits per heavy atom. The first-order valence-corrected chi connectivity index (χ1v) is 6.12. The third-order valence-electron chi connectivity index (χ3n) is 2.30. The van der Waals surface area contributed by atoms with Gasteiger partial charge in [0.2, 0.25) is 5.91 Å². The Balaban J connectivity index is 2.72. The van der Waals surface area contributed by atoms with E-state index in [1.54, 1.807) is 13.0 Å². The van der Waals surface area contributed by atoms with Crippen molar-refractivity contribution < 1.29 is 4.79 Å². The van der Waals surface area contributed by atoms with Crippen molar-refractivity contribution >= 4 is 17.5 Å². The minimum atomic E-state index is -0.369. The van der Waals surface area contributed by atoms with Crippen LogP contribution in [0.1, 0.15) is 33.5 Å². The third kappa shape index (κ3) is 4.20. The quantitative estimate of drug-likeness (QED) is 0.724. The van der Waals surface area contributed by atoms with Gasteiger partial charge in [-0.15, -0.1) is 0 Å². The Hall–Kier alpha value is -1.85. The van der Waals surface area contributed by atoms with Crippen LogP contribution in [0.3, 0.4) is 0 Å². The Labute approximate surface area is 107 Å². The van der Waals surface area contributed by atoms with Crippen LogP contribution >= 0.6 is 0 Å². The monoisotopic (exact) mass is 251 g/mol. The van der Waals surface area contributed by atoms with E-state index in [0.29, 0.717) is 23.9 Å². The first kappa shape index (κ1) is 14.2. The summed E-state index contributed by atoms with van der Waals surface area (Å²) in [5, 5.41) is 5.85. The second-order valence-electron chi connectivity index (χ2n) is 4.48. The second-order valence-corrected chi connectivity index (χ2v) is 4.48. The lowest BCUT2D eigenvalue weighted by atomic mass is 10.2. The molecule has 0 aliphatic heterocycles. The summed E-state index contributed by atoms with van der Waals surface area (Å²) in [4.78, 5) is 20.1. The standard InChI is InChI=1S/C12H21N5O/c1-5-10-16-9(13)6-11(17-10)15-8(4)12(18)14-7(2)3/h6-8H,5H2,1-4H3,(H,14,18)(H3,13,15,16,17). The van der Waals surface area contributed by atoms with E-state index < -0.39 is 0 Å². The fourth-order valence-electron chi connectivity index (χ4n) is 1.45. The molecular formula is C12H21N5O. The highest BCUT2D eigenvalue weighted by Crippen LogP contribution is 2.10. The second kappa shape index (κ2) is 6.18. The van der Waals surface area contributed by atoms with Gasteiger partial charge in [0.05, 0.1) is 0 Å². The molecule has 0 aliphatic carbocycles. The zero-order valence-corrected chi connectivity index (χ0v) is 11.3. The molecule has 1 rings (SSSR count). The van der Waals surface area contributed by atoms with Crippen LogP contribution in [0.25, 0.3) is 0 Å². The number of anilines is 2. The van der Waals surface area contributed by atoms with Crippen LogP contribution in [0.4, 0.5) is 11.6 Å². The maximum Gasteiger partial charge on any atom is 0.242 e. The van der Waals surface area contributed by atoms with Crippen LogP contribution in [0, 0.1) is 0 Å². The summed E-state index contributed by atoms with van der Waals surface area (Å²) in [6, 6.07) is 1.37. The van der Waals surface area contributed by atoms with Gasteiger partial charge >= 0.3 is 0 Å². The van der Waals surface area contributed by atoms with Gasteiger partial charge in [-0.3, -0.25) is 4.79 Å². The first-order chi connectivity index (χ1) is 8.42. The molecule has 1 aromatic rings. The van der Waals surface area contributed by atoms with Crippen molar-refractivity contribution in [3.63, 3.8) is 0 Å². The van der Waals surface area contributed by atoms with Gasteiger partial charge in [-0.25, -0.2) is 9.97 Å². The van der Waals surface area contributed by atoms with E-state index in [1.165, 1.54) is 0 Å². The molecule has 0 bridgehead atoms. The summed E-state index contributed by atoms with van der Waals surface area (Å²) >= 11 is 0. The molecule has 100 valence electrons. The van der Waals surface area contributed by atoms with E-state index in [4.69, 9.17) is 5.73 Å². The largest absolute Gasteiger partial charge is 0.384 e. The van der Waals surface area contributed by atoms with Gasteiger partial charge in [-0.05, 0) is 20.8 Å². The van der Waals surface area contributed by atoms with Crippen LogP contribution in [0.15, 0.2) is 6.07 Å². The van der Waals surface area contributed by atoms with Crippen molar-refractivity contribution in [2.45, 2.75) is 46.2 Å². The van der Waals surface area contributed by atoms with Crippen molar-refractivity contribution in [1.82, 2.24) is 15.3 Å². The molecule has 0 aliphatic rings. The molecule has 18 heavy (non-hydrogen) atoms. The molecule has 6 nitrogen and oxygen atoms in total. The Morgan fingerprint density at radius 2 is 2.06 bits per heavy atom. The normalized spacial score (nSPS) is 12.3. The predicted molar refractivity (Wildman–Crippen MR) is 72.2 cm³/mol. The fourth-order valence-corrected chi connectivity index (χ4v) is 1.45. The number of hydrogen-bond acceptors (Lipinski definition) is 5. The van der Waals surface area contributed by atoms with Gasteiger partial charge in [0.25, 0.3) is 0 Å². The molecule has 0 saturated heterocycles. The van der Waals surface area contributed by atoms with Gasteiger partial charge < -0.3 is 16.4 Å². The molecule has 1 amide bonds. The highest BCUT2D eigenvalue weighted by atomic mass is 16.2. The molecule has 0 aromatic carbocycles. The summed E-state index contributed by atoms with van der Waals surface area (Å²) in [7, 11) is 0. The lowest BCUT2D eigenvalue weighted by Gasteiger charge is -2.16. The number of amides is 1. The molecule has 1 atom stereocenters. The van der Waals surface area contributed by atoms with Crippen molar-refractivity contribution in [2.75, 3.05) is 11.1 Å². The first-order valence-electron chi connectivity index (χ1n) is 6.12. The van der Waals surface area contributed by atoms with E-state index in [1.807, 2.05) is 20.8 Å². The zero-order chi connectivity index (χ0) is 13.7. The lowest BCUT2D eigenvalue weighted by Crippen LogP contribution is -2.41. The molecule has 0 fully saturated rings. The van der Waals surface area contributed by atoms with Crippen LogP contribution in [-0.4, -0.2) is 28.0 Å². The number of aromatic nitrogens is 2. The zero-order valence-electron chi connectivity index (χ0n) is 11.3. The SMILES string of the molecule is CCc1nc(N)cc(NC(C)C(=O)NC(C)C)n1. The number of nitrogens with zero attached hydrogens (tertiary/aromatic N) is 2. The average molecular weight is 251 g/mol. The number of rotatable bonds is 5. The smallest absolute Gasteiger partial charge is 0.242 e. The molecular weight excluding hydrogens is 230 g/mol. The summed E-state index contributed by atoms with van der Waals surface area (Å²) in [6.07, 6.45) is 0.701. The van der Waals surface area contributed by atoms with Crippen LogP contribution in [0.5, 0.6) is 0 Å². The minimum absolute atomic E-state index is 0.0692. The molecule has 4 N–H and O–H groups in total. The van der Waals surface area contributed by atoms with Crippen molar-refractivity contribution in [1.29, 1.82) is 0 Å². The van der Waals surface area contributed by atoms with Gasteiger partial charge in [0, 0.05) is 18.5 Å². The van der Waals surface area contributed by atoms with Gasteiger partial charge in [-0.1, -0.05) is 6.92 Å². The summed E-state index contributed by atoms with van der Waals surface area (Å²) in [5.41, 5.74) is 5.68. The Kier molecular flexibility index (Phi) is 4.88. The maximum atomic E-state index is 11.7. The number of carbonyl (C=O) groups excluding carboxylic acids is 1. The number of aryl methyl sites for hydroxylation is 1. The van der Waals surface area contributed by atoms with Gasteiger partial charge in [-0.2, -0.15) is 0 Å². The summed E-state index contributed by atoms with van der Waals surface area (Å²) in [6.45, 7) is 7.57. The molecule has 0 spiro atoms. The van der Waals surface area contributed by atoms with E-state index in [-0.39, 0.29) is 18.0 Å². The molecule has 6 heteroatoms. The highest BCUT2D eigenvalue weighted by molar-refractivity contribution is 5.84. The lowest BCUT2D eigenvalue weighted by molar-refractivity contribution is -0.122. The third-order valence-corrected chi connectivity index (χ3v) is 2.30. The van der Waals surface area contributed by atoms with Crippen molar-refractivity contribution in [2.24, 2.45) is 0 Å². The van der Waals surface area contributed by atoms with E-state index in [2.05, 4.69) is 20.6 Å². The Morgan fingerprint density at radius 1 is 1.39 bits per heavy atom. The number of nitrogens with one attached hydrogen (secondary N) is 2. The minimum Gasteiger partial charge on any atom is -0.384 e. The van der Waals surface area contributed by atoms with Crippen molar-refractivity contribution in [3.8, 4) is 0 Å². The van der Waals surface area contributed by atoms with Gasteiger partial charge in [0.1, 0.15) is 23.5 Å². The highest BCUT2D eigenvalue weighted by Gasteiger charge is 2.14. The molecule has 1 unspecified atom stereocenters. The van der Waals surface area contributed by atoms with E-state index in [0.717, 1.165) is 0 Å². The topological polar surface area (TPSA) is 92.9 Å². The molecule has 1 heterocycles. The van der Waals surface area contributed by atoms with Crippen molar-refractivity contribution in [3.05, 3.63) is 11.9 Å². The molecule has 0 radical (unpaired) electrons. The Bertz CT molecular complexity index is 419. The predicted octanol–water partition coefficient (Wildman–Crippen LogP) is 0.946. The molecule has 1 aromatic heterocycles.